The van der Waals surface area contributed by atoms with E-state index in [1.165, 1.54) is 0 Å². The molecule has 0 N–H and O–H groups in total. The molecule has 24 valence electrons. The van der Waals surface area contributed by atoms with E-state index in [0.717, 1.165) is 5.33 Å². The van der Waals surface area contributed by atoms with E-state index in [9.17, 15) is 0 Å². The molecule has 0 aromatic carbocycles. The Kier molecular flexibility index (Phi) is 20.8. The Bertz CT molecular complexity index is 11.5. The van der Waals surface area contributed by atoms with Crippen LogP contribution in [0.1, 0.15) is 9.78 Å². The molecule has 0 aliphatic carbocycles. The van der Waals surface area contributed by atoms with Gasteiger partial charge in [0.15, 0.2) is 0 Å². The van der Waals surface area contributed by atoms with Crippen LogP contribution in [0.15, 0.2) is 0 Å². The first-order valence-corrected chi connectivity index (χ1v) is 2.10. The molecule has 0 radical (unpaired) electrons. The summed E-state index contributed by atoms with van der Waals surface area (Å²) in [5.74, 6) is 0. The number of hydrogen-bond donors (Lipinski definition) is 0. The molecule has 0 amide bonds. The zero-order valence-corrected chi connectivity index (χ0v) is 7.85. The van der Waals surface area contributed by atoms with Crippen molar-refractivity contribution < 1.29 is 2.85 Å². The van der Waals surface area contributed by atoms with Gasteiger partial charge in [0, 0.05) is 5.33 Å². The van der Waals surface area contributed by atoms with Crippen molar-refractivity contribution in [3.05, 3.63) is 0 Å². The van der Waals surface area contributed by atoms with Gasteiger partial charge in [-0.05, 0) is 0 Å². The summed E-state index contributed by atoms with van der Waals surface area (Å²) in [6, 6.07) is 0. The van der Waals surface area contributed by atoms with Gasteiger partial charge < -0.3 is 2.85 Å². The third-order valence-corrected chi connectivity index (χ3v) is 0. The molecule has 0 aliphatic heterocycles. The van der Waals surface area contributed by atoms with E-state index in [1.54, 1.807) is 0 Å². The second kappa shape index (κ2) is 8.88. The van der Waals surface area contributed by atoms with Crippen LogP contribution in [-0.2, 0) is 0 Å². The molecular weight excluding hydrogens is 192 g/mol. The van der Waals surface area contributed by atoms with Crippen LogP contribution in [0.2, 0.25) is 0 Å². The van der Waals surface area contributed by atoms with Gasteiger partial charge in [0.05, 0.1) is 0 Å². The molecule has 0 heterocycles. The fourth-order valence-electron chi connectivity index (χ4n) is 0. The van der Waals surface area contributed by atoms with E-state index in [0.29, 0.717) is 0 Å². The maximum atomic E-state index is 3.15. The van der Waals surface area contributed by atoms with Gasteiger partial charge in [-0.25, -0.2) is 0 Å². The Morgan fingerprint density at radius 1 is 2.00 bits per heavy atom. The first-order valence-electron chi connectivity index (χ1n) is 0.974. The monoisotopic (exact) mass is 198 g/mol. The maximum Gasteiger partial charge on any atom is 2.00 e. The minimum atomic E-state index is 0. The Morgan fingerprint density at radius 3 is 2.00 bits per heavy atom. The largest absolute Gasteiger partial charge is 2.00 e. The van der Waals surface area contributed by atoms with Gasteiger partial charge in [-0.3, -0.25) is 0 Å². The summed E-state index contributed by atoms with van der Waals surface area (Å²) in [4.78, 5) is 0. The number of alkyl halides is 1. The van der Waals surface area contributed by atoms with Gasteiger partial charge in [-0.2, -0.15) is 0 Å². The number of rotatable bonds is 0. The third kappa shape index (κ3) is 9.03. The van der Waals surface area contributed by atoms with Gasteiger partial charge in [-0.15, -0.1) is 0 Å². The van der Waals surface area contributed by atoms with Crippen molar-refractivity contribution in [3.8, 4) is 0 Å². The van der Waals surface area contributed by atoms with Crippen molar-refractivity contribution in [3.63, 3.8) is 0 Å². The molecule has 4 heavy (non-hydrogen) atoms. The Labute approximate surface area is 75.3 Å². The van der Waals surface area contributed by atoms with Crippen LogP contribution in [0, 0.1) is 0 Å². The van der Waals surface area contributed by atoms with Crippen molar-refractivity contribution in [1.82, 2.24) is 0 Å². The first-order chi connectivity index (χ1) is 1.41. The summed E-state index contributed by atoms with van der Waals surface area (Å²) in [6.45, 7) is 2.04. The van der Waals surface area contributed by atoms with Crippen molar-refractivity contribution in [2.45, 2.75) is 6.92 Å². The standard InChI is InChI=1S/C2H5Br.Sr.2H/c1-2-3;;;/h2H2,1H3;;;/q;+2;2*-1. The average molecular weight is 199 g/mol. The van der Waals surface area contributed by atoms with Crippen molar-refractivity contribution in [1.29, 1.82) is 0 Å². The van der Waals surface area contributed by atoms with E-state index >= 15 is 0 Å². The fraction of sp³-hybridized carbons (Fsp3) is 1.00. The minimum Gasteiger partial charge on any atom is -1.00 e. The smallest absolute Gasteiger partial charge is 1.00 e. The molecule has 0 saturated heterocycles. The summed E-state index contributed by atoms with van der Waals surface area (Å²) >= 11 is 3.15. The Hall–Kier alpha value is 1.96. The van der Waals surface area contributed by atoms with Gasteiger partial charge >= 0.3 is 45.5 Å². The van der Waals surface area contributed by atoms with Crippen LogP contribution in [-0.4, -0.2) is 50.8 Å². The van der Waals surface area contributed by atoms with Crippen LogP contribution < -0.4 is 0 Å². The van der Waals surface area contributed by atoms with E-state index in [4.69, 9.17) is 0 Å². The van der Waals surface area contributed by atoms with Crippen LogP contribution >= 0.6 is 15.9 Å². The number of halogens is 1. The van der Waals surface area contributed by atoms with Crippen LogP contribution in [0.5, 0.6) is 0 Å². The quantitative estimate of drug-likeness (QED) is 0.406. The average Bonchev–Trinajstić information content (AvgIpc) is 0.918. The van der Waals surface area contributed by atoms with E-state index in [2.05, 4.69) is 15.9 Å². The van der Waals surface area contributed by atoms with Crippen molar-refractivity contribution in [2.24, 2.45) is 0 Å². The molecule has 0 aliphatic rings. The fourth-order valence-corrected chi connectivity index (χ4v) is 0. The second-order valence-electron chi connectivity index (χ2n) is 0.267. The Morgan fingerprint density at radius 2 is 2.00 bits per heavy atom. The summed E-state index contributed by atoms with van der Waals surface area (Å²) in [7, 11) is 0. The molecule has 0 spiro atoms. The molecule has 0 bridgehead atoms. The normalized spacial score (nSPS) is 4.50. The van der Waals surface area contributed by atoms with Gasteiger partial charge in [-0.1, -0.05) is 22.9 Å². The molecule has 0 rings (SSSR count). The van der Waals surface area contributed by atoms with Crippen LogP contribution in [0.3, 0.4) is 0 Å². The predicted molar refractivity (Wildman–Crippen MR) is 27.4 cm³/mol. The molecule has 0 atom stereocenters. The predicted octanol–water partition coefficient (Wildman–Crippen LogP) is 1.25. The zero-order valence-electron chi connectivity index (χ0n) is 4.79. The van der Waals surface area contributed by atoms with Gasteiger partial charge in [0.1, 0.15) is 0 Å². The van der Waals surface area contributed by atoms with E-state index in [-0.39, 0.29) is 48.3 Å². The summed E-state index contributed by atoms with van der Waals surface area (Å²) in [5.41, 5.74) is 0. The number of hydrogen-bond acceptors (Lipinski definition) is 0. The summed E-state index contributed by atoms with van der Waals surface area (Å²) in [5, 5.41) is 1.06. The third-order valence-electron chi connectivity index (χ3n) is 0. The molecule has 0 aromatic rings. The van der Waals surface area contributed by atoms with Gasteiger partial charge in [0.2, 0.25) is 0 Å². The van der Waals surface area contributed by atoms with E-state index in [1.807, 2.05) is 6.92 Å². The molecule has 0 saturated carbocycles. The van der Waals surface area contributed by atoms with Crippen molar-refractivity contribution >= 4 is 61.4 Å². The maximum absolute atomic E-state index is 3.15. The van der Waals surface area contributed by atoms with E-state index < -0.39 is 0 Å². The second-order valence-corrected chi connectivity index (χ2v) is 1.39. The van der Waals surface area contributed by atoms with Crippen molar-refractivity contribution in [2.75, 3.05) is 5.33 Å². The summed E-state index contributed by atoms with van der Waals surface area (Å²) in [6.07, 6.45) is 0. The minimum absolute atomic E-state index is 0. The first kappa shape index (κ1) is 9.35. The molecule has 0 nitrogen and oxygen atoms in total. The summed E-state index contributed by atoms with van der Waals surface area (Å²) < 4.78 is 0. The molecular formula is C2H7BrSr. The van der Waals surface area contributed by atoms with Crippen LogP contribution in [0.4, 0.5) is 0 Å². The SMILES string of the molecule is CCBr.[H-].[H-].[Sr+2]. The Balaban J connectivity index is -0.00000000667. The van der Waals surface area contributed by atoms with Crippen LogP contribution in [0.25, 0.3) is 0 Å². The topological polar surface area (TPSA) is 0 Å². The molecule has 0 fully saturated rings. The van der Waals surface area contributed by atoms with Gasteiger partial charge in [0.25, 0.3) is 0 Å². The zero-order chi connectivity index (χ0) is 2.71. The molecule has 0 aromatic heterocycles. The molecule has 2 heteroatoms. The molecule has 0 unspecified atom stereocenters.